The van der Waals surface area contributed by atoms with Crippen LogP contribution in [0.2, 0.25) is 0 Å². The number of benzene rings is 1. The summed E-state index contributed by atoms with van der Waals surface area (Å²) in [5, 5.41) is 9.41. The van der Waals surface area contributed by atoms with Crippen molar-refractivity contribution in [3.63, 3.8) is 0 Å². The third-order valence-electron chi connectivity index (χ3n) is 3.81. The SMILES string of the molecule is CC1(C)OB(c2ccc(O)c(C=O)c2F)OC1(C)C. The summed E-state index contributed by atoms with van der Waals surface area (Å²) in [5.74, 6) is -1.21. The predicted octanol–water partition coefficient (Wildman–Crippen LogP) is 1.64. The van der Waals surface area contributed by atoms with Gasteiger partial charge in [-0.25, -0.2) is 4.39 Å². The molecular weight excluding hydrogens is 250 g/mol. The van der Waals surface area contributed by atoms with Gasteiger partial charge in [0, 0.05) is 5.46 Å². The van der Waals surface area contributed by atoms with Gasteiger partial charge in [-0.1, -0.05) is 6.07 Å². The molecule has 0 radical (unpaired) electrons. The lowest BCUT2D eigenvalue weighted by Crippen LogP contribution is -2.41. The number of aldehydes is 1. The van der Waals surface area contributed by atoms with E-state index in [0.717, 1.165) is 0 Å². The third-order valence-corrected chi connectivity index (χ3v) is 3.81. The Bertz CT molecular complexity index is 512. The fourth-order valence-electron chi connectivity index (χ4n) is 1.86. The van der Waals surface area contributed by atoms with Crippen molar-refractivity contribution in [2.45, 2.75) is 38.9 Å². The molecule has 102 valence electrons. The molecule has 0 unspecified atom stereocenters. The zero-order valence-electron chi connectivity index (χ0n) is 11.4. The van der Waals surface area contributed by atoms with Crippen LogP contribution in [0.15, 0.2) is 12.1 Å². The Labute approximate surface area is 111 Å². The first-order valence-corrected chi connectivity index (χ1v) is 6.02. The van der Waals surface area contributed by atoms with Crippen LogP contribution in [0.25, 0.3) is 0 Å². The molecule has 0 bridgehead atoms. The maximum absolute atomic E-state index is 14.1. The van der Waals surface area contributed by atoms with E-state index in [0.29, 0.717) is 0 Å². The molecule has 0 atom stereocenters. The minimum absolute atomic E-state index is 0.110. The van der Waals surface area contributed by atoms with E-state index in [9.17, 15) is 14.3 Å². The predicted molar refractivity (Wildman–Crippen MR) is 69.2 cm³/mol. The molecule has 1 fully saturated rings. The van der Waals surface area contributed by atoms with E-state index in [-0.39, 0.29) is 17.3 Å². The number of carbonyl (C=O) groups is 1. The van der Waals surface area contributed by atoms with Crippen molar-refractivity contribution < 1.29 is 23.6 Å². The maximum Gasteiger partial charge on any atom is 0.497 e. The highest BCUT2D eigenvalue weighted by Crippen LogP contribution is 2.36. The van der Waals surface area contributed by atoms with Gasteiger partial charge in [0.05, 0.1) is 16.8 Å². The highest BCUT2D eigenvalue weighted by molar-refractivity contribution is 6.62. The van der Waals surface area contributed by atoms with Crippen LogP contribution in [0.1, 0.15) is 38.1 Å². The summed E-state index contributed by atoms with van der Waals surface area (Å²) in [6.45, 7) is 7.41. The van der Waals surface area contributed by atoms with Crippen LogP contribution in [0.5, 0.6) is 5.75 Å². The Morgan fingerprint density at radius 1 is 1.21 bits per heavy atom. The highest BCUT2D eigenvalue weighted by atomic mass is 19.1. The Hall–Kier alpha value is -1.40. The average Bonchev–Trinajstić information content (AvgIpc) is 2.48. The molecule has 2 rings (SSSR count). The van der Waals surface area contributed by atoms with Crippen molar-refractivity contribution in [3.05, 3.63) is 23.5 Å². The minimum atomic E-state index is -0.899. The van der Waals surface area contributed by atoms with E-state index in [4.69, 9.17) is 9.31 Å². The minimum Gasteiger partial charge on any atom is -0.507 e. The molecule has 19 heavy (non-hydrogen) atoms. The summed E-state index contributed by atoms with van der Waals surface area (Å²) in [7, 11) is -0.899. The van der Waals surface area contributed by atoms with Gasteiger partial charge in [-0.2, -0.15) is 0 Å². The van der Waals surface area contributed by atoms with Gasteiger partial charge in [0.2, 0.25) is 0 Å². The Morgan fingerprint density at radius 2 is 1.74 bits per heavy atom. The van der Waals surface area contributed by atoms with Crippen molar-refractivity contribution in [3.8, 4) is 5.75 Å². The fourth-order valence-corrected chi connectivity index (χ4v) is 1.86. The molecule has 1 N–H and O–H groups in total. The number of rotatable bonds is 2. The fraction of sp³-hybridized carbons (Fsp3) is 0.462. The standard InChI is InChI=1S/C13H16BFO4/c1-12(2)13(3,4)19-14(18-12)9-5-6-10(17)8(7-16)11(9)15/h5-7,17H,1-4H3. The van der Waals surface area contributed by atoms with Gasteiger partial charge in [-0.15, -0.1) is 0 Å². The molecule has 6 heteroatoms. The van der Waals surface area contributed by atoms with Crippen molar-refractivity contribution in [2.75, 3.05) is 0 Å². The monoisotopic (exact) mass is 266 g/mol. The molecule has 0 saturated carbocycles. The topological polar surface area (TPSA) is 55.8 Å². The highest BCUT2D eigenvalue weighted by Gasteiger charge is 2.52. The molecule has 0 aliphatic carbocycles. The summed E-state index contributed by atoms with van der Waals surface area (Å²) < 4.78 is 25.6. The average molecular weight is 266 g/mol. The van der Waals surface area contributed by atoms with Crippen LogP contribution < -0.4 is 5.46 Å². The number of phenolic OH excluding ortho intramolecular Hbond substituents is 1. The second kappa shape index (κ2) is 4.32. The summed E-state index contributed by atoms with van der Waals surface area (Å²) in [5.41, 5.74) is -1.46. The first kappa shape index (κ1) is 14.0. The number of phenols is 1. The molecule has 1 aliphatic heterocycles. The first-order chi connectivity index (χ1) is 8.69. The normalized spacial score (nSPS) is 20.6. The maximum atomic E-state index is 14.1. The lowest BCUT2D eigenvalue weighted by atomic mass is 9.77. The largest absolute Gasteiger partial charge is 0.507 e. The van der Waals surface area contributed by atoms with E-state index >= 15 is 0 Å². The van der Waals surface area contributed by atoms with E-state index in [1.165, 1.54) is 12.1 Å². The summed E-state index contributed by atoms with van der Waals surface area (Å²) in [6, 6.07) is 2.62. The number of aromatic hydroxyl groups is 1. The quantitative estimate of drug-likeness (QED) is 0.653. The zero-order chi connectivity index (χ0) is 14.4. The van der Waals surface area contributed by atoms with Crippen LogP contribution in [0.4, 0.5) is 4.39 Å². The van der Waals surface area contributed by atoms with Gasteiger partial charge >= 0.3 is 7.12 Å². The number of hydrogen-bond donors (Lipinski definition) is 1. The molecule has 0 spiro atoms. The van der Waals surface area contributed by atoms with E-state index in [1.54, 1.807) is 0 Å². The molecule has 4 nitrogen and oxygen atoms in total. The molecule has 1 heterocycles. The van der Waals surface area contributed by atoms with Gasteiger partial charge in [0.25, 0.3) is 0 Å². The molecule has 1 aromatic rings. The molecule has 0 amide bonds. The second-order valence-electron chi connectivity index (χ2n) is 5.61. The van der Waals surface area contributed by atoms with Gasteiger partial charge < -0.3 is 14.4 Å². The first-order valence-electron chi connectivity index (χ1n) is 6.02. The second-order valence-corrected chi connectivity index (χ2v) is 5.61. The number of carbonyl (C=O) groups excluding carboxylic acids is 1. The lowest BCUT2D eigenvalue weighted by Gasteiger charge is -2.32. The van der Waals surface area contributed by atoms with Crippen LogP contribution in [0, 0.1) is 5.82 Å². The molecular formula is C13H16BFO4. The molecule has 1 aliphatic rings. The van der Waals surface area contributed by atoms with E-state index in [2.05, 4.69) is 0 Å². The Kier molecular flexibility index (Phi) is 3.19. The zero-order valence-corrected chi connectivity index (χ0v) is 11.4. The Morgan fingerprint density at radius 3 is 2.21 bits per heavy atom. The third kappa shape index (κ3) is 2.15. The van der Waals surface area contributed by atoms with Gasteiger partial charge in [0.1, 0.15) is 11.6 Å². The summed E-state index contributed by atoms with van der Waals surface area (Å²) in [6.07, 6.45) is 0.277. The van der Waals surface area contributed by atoms with Crippen molar-refractivity contribution in [2.24, 2.45) is 0 Å². The smallest absolute Gasteiger partial charge is 0.497 e. The van der Waals surface area contributed by atoms with E-state index < -0.39 is 29.9 Å². The van der Waals surface area contributed by atoms with Gasteiger partial charge in [-0.05, 0) is 33.8 Å². The number of hydrogen-bond acceptors (Lipinski definition) is 4. The van der Waals surface area contributed by atoms with Gasteiger partial charge in [0.15, 0.2) is 6.29 Å². The van der Waals surface area contributed by atoms with Crippen LogP contribution >= 0.6 is 0 Å². The summed E-state index contributed by atoms with van der Waals surface area (Å²) >= 11 is 0. The van der Waals surface area contributed by atoms with Gasteiger partial charge in [-0.3, -0.25) is 4.79 Å². The molecule has 1 saturated heterocycles. The molecule has 0 aromatic heterocycles. The lowest BCUT2D eigenvalue weighted by molar-refractivity contribution is 0.00578. The van der Waals surface area contributed by atoms with E-state index in [1.807, 2.05) is 27.7 Å². The summed E-state index contributed by atoms with van der Waals surface area (Å²) in [4.78, 5) is 10.8. The van der Waals surface area contributed by atoms with Crippen molar-refractivity contribution in [1.82, 2.24) is 0 Å². The van der Waals surface area contributed by atoms with Crippen LogP contribution in [-0.2, 0) is 9.31 Å². The Balaban J connectivity index is 2.43. The number of halogens is 1. The van der Waals surface area contributed by atoms with Crippen LogP contribution in [-0.4, -0.2) is 29.7 Å². The van der Waals surface area contributed by atoms with Crippen LogP contribution in [0.3, 0.4) is 0 Å². The van der Waals surface area contributed by atoms with Crippen molar-refractivity contribution in [1.29, 1.82) is 0 Å². The van der Waals surface area contributed by atoms with Crippen molar-refractivity contribution >= 4 is 18.9 Å². The molecule has 1 aromatic carbocycles.